The van der Waals surface area contributed by atoms with Gasteiger partial charge in [0.05, 0.1) is 6.04 Å². The van der Waals surface area contributed by atoms with Gasteiger partial charge in [0.15, 0.2) is 0 Å². The summed E-state index contributed by atoms with van der Waals surface area (Å²) in [6.07, 6.45) is 8.34. The number of nitrogens with one attached hydrogen (secondary N) is 1. The van der Waals surface area contributed by atoms with Crippen LogP contribution >= 0.6 is 0 Å². The van der Waals surface area contributed by atoms with Gasteiger partial charge in [0, 0.05) is 45.0 Å². The molecule has 1 atom stereocenters. The third kappa shape index (κ3) is 3.15. The summed E-state index contributed by atoms with van der Waals surface area (Å²) >= 11 is 0. The molecule has 1 aliphatic carbocycles. The van der Waals surface area contributed by atoms with Crippen molar-refractivity contribution >= 4 is 5.91 Å². The number of rotatable bonds is 3. The second-order valence-corrected chi connectivity index (χ2v) is 7.09. The van der Waals surface area contributed by atoms with Crippen LogP contribution in [-0.4, -0.2) is 70.8 Å². The molecule has 3 aliphatic rings. The van der Waals surface area contributed by atoms with Crippen molar-refractivity contribution in [3.8, 4) is 0 Å². The molecule has 0 aromatic carbocycles. The molecule has 3 heterocycles. The number of carbonyl (C=O) groups is 1. The zero-order chi connectivity index (χ0) is 15.6. The van der Waals surface area contributed by atoms with E-state index in [4.69, 9.17) is 0 Å². The first-order valence-electron chi connectivity index (χ1n) is 9.10. The minimum absolute atomic E-state index is 0.0979. The Morgan fingerprint density at radius 3 is 2.52 bits per heavy atom. The van der Waals surface area contributed by atoms with E-state index in [2.05, 4.69) is 15.3 Å². The Morgan fingerprint density at radius 1 is 1.09 bits per heavy atom. The molecule has 1 aromatic heterocycles. The van der Waals surface area contributed by atoms with Crippen LogP contribution in [0.4, 0.5) is 0 Å². The van der Waals surface area contributed by atoms with E-state index < -0.39 is 0 Å². The SMILES string of the molecule is O=C(c1ccn(C2CCCNC2)n1)N1CCN(C2CCC2)CC1. The summed E-state index contributed by atoms with van der Waals surface area (Å²) in [4.78, 5) is 17.2. The second kappa shape index (κ2) is 6.61. The molecule has 126 valence electrons. The van der Waals surface area contributed by atoms with Crippen LogP contribution in [-0.2, 0) is 0 Å². The molecule has 2 saturated heterocycles. The number of piperazine rings is 1. The van der Waals surface area contributed by atoms with Gasteiger partial charge in [0.2, 0.25) is 0 Å². The molecule has 23 heavy (non-hydrogen) atoms. The van der Waals surface area contributed by atoms with E-state index in [-0.39, 0.29) is 5.91 Å². The highest BCUT2D eigenvalue weighted by Crippen LogP contribution is 2.25. The van der Waals surface area contributed by atoms with E-state index in [0.717, 1.165) is 51.7 Å². The van der Waals surface area contributed by atoms with Gasteiger partial charge in [-0.05, 0) is 38.3 Å². The van der Waals surface area contributed by atoms with Crippen LogP contribution in [0.15, 0.2) is 12.3 Å². The van der Waals surface area contributed by atoms with E-state index in [1.165, 1.54) is 25.7 Å². The summed E-state index contributed by atoms with van der Waals surface area (Å²) in [5.41, 5.74) is 0.604. The van der Waals surface area contributed by atoms with E-state index >= 15 is 0 Å². The lowest BCUT2D eigenvalue weighted by molar-refractivity contribution is 0.0450. The molecule has 1 unspecified atom stereocenters. The normalized spacial score (nSPS) is 27.0. The number of carbonyl (C=O) groups excluding carboxylic acids is 1. The molecule has 1 N–H and O–H groups in total. The maximum atomic E-state index is 12.7. The third-order valence-electron chi connectivity index (χ3n) is 5.67. The van der Waals surface area contributed by atoms with Gasteiger partial charge < -0.3 is 10.2 Å². The molecule has 2 aliphatic heterocycles. The minimum Gasteiger partial charge on any atom is -0.335 e. The lowest BCUT2D eigenvalue weighted by atomic mass is 9.91. The van der Waals surface area contributed by atoms with Crippen LogP contribution in [0, 0.1) is 0 Å². The number of hydrogen-bond acceptors (Lipinski definition) is 4. The smallest absolute Gasteiger partial charge is 0.274 e. The Kier molecular flexibility index (Phi) is 4.35. The number of amides is 1. The maximum absolute atomic E-state index is 12.7. The summed E-state index contributed by atoms with van der Waals surface area (Å²) in [6.45, 7) is 5.76. The fourth-order valence-corrected chi connectivity index (χ4v) is 3.92. The van der Waals surface area contributed by atoms with Crippen molar-refractivity contribution in [2.45, 2.75) is 44.2 Å². The van der Waals surface area contributed by atoms with Gasteiger partial charge in [-0.15, -0.1) is 0 Å². The Hall–Kier alpha value is -1.40. The van der Waals surface area contributed by atoms with Gasteiger partial charge in [-0.3, -0.25) is 14.4 Å². The van der Waals surface area contributed by atoms with E-state index in [1.54, 1.807) is 0 Å². The third-order valence-corrected chi connectivity index (χ3v) is 5.67. The van der Waals surface area contributed by atoms with Crippen molar-refractivity contribution in [1.29, 1.82) is 0 Å². The molecular formula is C17H27N5O. The predicted molar refractivity (Wildman–Crippen MR) is 88.5 cm³/mol. The van der Waals surface area contributed by atoms with Crippen molar-refractivity contribution < 1.29 is 4.79 Å². The molecule has 1 amide bonds. The molecule has 0 bridgehead atoms. The lowest BCUT2D eigenvalue weighted by Gasteiger charge is -2.42. The maximum Gasteiger partial charge on any atom is 0.274 e. The molecule has 1 saturated carbocycles. The monoisotopic (exact) mass is 317 g/mol. The van der Waals surface area contributed by atoms with Gasteiger partial charge in [0.25, 0.3) is 5.91 Å². The fourth-order valence-electron chi connectivity index (χ4n) is 3.92. The average Bonchev–Trinajstić information content (AvgIpc) is 3.04. The quantitative estimate of drug-likeness (QED) is 0.908. The van der Waals surface area contributed by atoms with Gasteiger partial charge in [-0.25, -0.2) is 0 Å². The molecule has 1 aromatic rings. The summed E-state index contributed by atoms with van der Waals surface area (Å²) < 4.78 is 1.98. The lowest BCUT2D eigenvalue weighted by Crippen LogP contribution is -2.53. The molecular weight excluding hydrogens is 290 g/mol. The van der Waals surface area contributed by atoms with Gasteiger partial charge in [0.1, 0.15) is 5.69 Å². The topological polar surface area (TPSA) is 53.4 Å². The van der Waals surface area contributed by atoms with E-state index in [9.17, 15) is 4.79 Å². The molecule has 6 nitrogen and oxygen atoms in total. The van der Waals surface area contributed by atoms with Crippen LogP contribution in [0.1, 0.15) is 48.6 Å². The van der Waals surface area contributed by atoms with Crippen molar-refractivity contribution in [2.75, 3.05) is 39.3 Å². The Bertz CT molecular complexity index is 539. The summed E-state index contributed by atoms with van der Waals surface area (Å²) in [7, 11) is 0. The molecule has 0 spiro atoms. The number of hydrogen-bond donors (Lipinski definition) is 1. The number of aromatic nitrogens is 2. The Labute approximate surface area is 137 Å². The number of nitrogens with zero attached hydrogens (tertiary/aromatic N) is 4. The van der Waals surface area contributed by atoms with Gasteiger partial charge in [-0.2, -0.15) is 5.10 Å². The van der Waals surface area contributed by atoms with Crippen molar-refractivity contribution in [3.63, 3.8) is 0 Å². The first kappa shape index (κ1) is 15.1. The van der Waals surface area contributed by atoms with Crippen LogP contribution in [0.5, 0.6) is 0 Å². The van der Waals surface area contributed by atoms with Crippen LogP contribution in [0.3, 0.4) is 0 Å². The molecule has 4 rings (SSSR count). The second-order valence-electron chi connectivity index (χ2n) is 7.09. The van der Waals surface area contributed by atoms with E-state index in [1.807, 2.05) is 21.8 Å². The van der Waals surface area contributed by atoms with Gasteiger partial charge in [-0.1, -0.05) is 6.42 Å². The standard InChI is InChI=1S/C17H27N5O/c23-17(21-11-9-20(10-12-21)14-3-1-4-14)16-6-8-22(19-16)15-5-2-7-18-13-15/h6,8,14-15,18H,1-5,7,9-13H2. The minimum atomic E-state index is 0.0979. The van der Waals surface area contributed by atoms with Crippen LogP contribution < -0.4 is 5.32 Å². The summed E-state index contributed by atoms with van der Waals surface area (Å²) in [6, 6.07) is 3.06. The van der Waals surface area contributed by atoms with Crippen LogP contribution in [0.25, 0.3) is 0 Å². The average molecular weight is 317 g/mol. The van der Waals surface area contributed by atoms with Crippen molar-refractivity contribution in [2.24, 2.45) is 0 Å². The highest BCUT2D eigenvalue weighted by atomic mass is 16.2. The zero-order valence-corrected chi connectivity index (χ0v) is 13.8. The zero-order valence-electron chi connectivity index (χ0n) is 13.8. The Balaban J connectivity index is 1.34. The first-order chi connectivity index (χ1) is 11.3. The summed E-state index contributed by atoms with van der Waals surface area (Å²) in [5, 5.41) is 7.96. The fraction of sp³-hybridized carbons (Fsp3) is 0.765. The largest absolute Gasteiger partial charge is 0.335 e. The molecule has 6 heteroatoms. The van der Waals surface area contributed by atoms with Crippen molar-refractivity contribution in [3.05, 3.63) is 18.0 Å². The van der Waals surface area contributed by atoms with E-state index in [0.29, 0.717) is 11.7 Å². The first-order valence-corrected chi connectivity index (χ1v) is 9.10. The highest BCUT2D eigenvalue weighted by molar-refractivity contribution is 5.92. The number of piperidine rings is 1. The highest BCUT2D eigenvalue weighted by Gasteiger charge is 2.30. The van der Waals surface area contributed by atoms with Gasteiger partial charge >= 0.3 is 0 Å². The van der Waals surface area contributed by atoms with Crippen LogP contribution in [0.2, 0.25) is 0 Å². The predicted octanol–water partition coefficient (Wildman–Crippen LogP) is 1.12. The molecule has 0 radical (unpaired) electrons. The summed E-state index contributed by atoms with van der Waals surface area (Å²) in [5.74, 6) is 0.0979. The van der Waals surface area contributed by atoms with Crippen molar-refractivity contribution in [1.82, 2.24) is 24.9 Å². The Morgan fingerprint density at radius 2 is 1.87 bits per heavy atom. The molecule has 3 fully saturated rings.